The quantitative estimate of drug-likeness (QED) is 0.760. The van der Waals surface area contributed by atoms with E-state index in [4.69, 9.17) is 9.47 Å². The van der Waals surface area contributed by atoms with Gasteiger partial charge in [-0.05, 0) is 17.4 Å². The van der Waals surface area contributed by atoms with Crippen LogP contribution in [0.1, 0.15) is 33.3 Å². The molecular formula is C14H20O2. The fraction of sp³-hybridized carbons (Fsp3) is 0.571. The lowest BCUT2D eigenvalue weighted by atomic mass is 9.74. The van der Waals surface area contributed by atoms with Crippen LogP contribution in [-0.2, 0) is 5.41 Å². The highest BCUT2D eigenvalue weighted by Gasteiger charge is 2.30. The van der Waals surface area contributed by atoms with Crippen molar-refractivity contribution in [1.29, 1.82) is 0 Å². The van der Waals surface area contributed by atoms with E-state index in [1.807, 2.05) is 12.1 Å². The molecule has 0 saturated heterocycles. The predicted octanol–water partition coefficient (Wildman–Crippen LogP) is 3.39. The molecule has 2 nitrogen and oxygen atoms in total. The van der Waals surface area contributed by atoms with Crippen LogP contribution in [0.3, 0.4) is 0 Å². The summed E-state index contributed by atoms with van der Waals surface area (Å²) < 4.78 is 11.4. The second-order valence-electron chi connectivity index (χ2n) is 5.21. The standard InChI is InChI=1S/C14H20O2/c1-10(2)14(3,4)11-6-5-7-12-13(11)16-9-8-15-12/h5-7,10H,8-9H2,1-4H3. The van der Waals surface area contributed by atoms with E-state index in [1.54, 1.807) is 0 Å². The summed E-state index contributed by atoms with van der Waals surface area (Å²) in [5.41, 5.74) is 1.35. The van der Waals surface area contributed by atoms with Crippen molar-refractivity contribution < 1.29 is 9.47 Å². The lowest BCUT2D eigenvalue weighted by Crippen LogP contribution is -2.27. The lowest BCUT2D eigenvalue weighted by Gasteiger charge is -2.33. The highest BCUT2D eigenvalue weighted by atomic mass is 16.6. The van der Waals surface area contributed by atoms with Gasteiger partial charge < -0.3 is 9.47 Å². The third-order valence-electron chi connectivity index (χ3n) is 3.70. The number of ether oxygens (including phenoxy) is 2. The van der Waals surface area contributed by atoms with Crippen molar-refractivity contribution >= 4 is 0 Å². The van der Waals surface area contributed by atoms with Crippen LogP contribution >= 0.6 is 0 Å². The van der Waals surface area contributed by atoms with E-state index in [2.05, 4.69) is 33.8 Å². The van der Waals surface area contributed by atoms with Crippen LogP contribution in [0.25, 0.3) is 0 Å². The zero-order valence-electron chi connectivity index (χ0n) is 10.5. The van der Waals surface area contributed by atoms with Crippen LogP contribution in [0.15, 0.2) is 18.2 Å². The van der Waals surface area contributed by atoms with Gasteiger partial charge in [0, 0.05) is 5.56 Å². The first-order valence-electron chi connectivity index (χ1n) is 5.92. The van der Waals surface area contributed by atoms with E-state index in [0.717, 1.165) is 11.5 Å². The van der Waals surface area contributed by atoms with Gasteiger partial charge in [0.15, 0.2) is 11.5 Å². The van der Waals surface area contributed by atoms with Crippen molar-refractivity contribution in [3.63, 3.8) is 0 Å². The van der Waals surface area contributed by atoms with Gasteiger partial charge in [0.25, 0.3) is 0 Å². The van der Waals surface area contributed by atoms with E-state index in [-0.39, 0.29) is 5.41 Å². The van der Waals surface area contributed by atoms with E-state index in [0.29, 0.717) is 19.1 Å². The maximum absolute atomic E-state index is 5.77. The molecule has 1 heterocycles. The van der Waals surface area contributed by atoms with Gasteiger partial charge in [-0.1, -0.05) is 39.8 Å². The molecule has 1 aromatic carbocycles. The van der Waals surface area contributed by atoms with Gasteiger partial charge in [-0.25, -0.2) is 0 Å². The van der Waals surface area contributed by atoms with Gasteiger partial charge in [-0.15, -0.1) is 0 Å². The Labute approximate surface area is 97.6 Å². The molecule has 0 saturated carbocycles. The molecule has 1 aliphatic rings. The monoisotopic (exact) mass is 220 g/mol. The first-order valence-corrected chi connectivity index (χ1v) is 5.92. The Morgan fingerprint density at radius 2 is 1.81 bits per heavy atom. The first-order chi connectivity index (χ1) is 7.53. The molecule has 0 unspecified atom stereocenters. The molecule has 2 heteroatoms. The third kappa shape index (κ3) is 1.77. The topological polar surface area (TPSA) is 18.5 Å². The van der Waals surface area contributed by atoms with E-state index in [1.165, 1.54) is 5.56 Å². The highest BCUT2D eigenvalue weighted by Crippen LogP contribution is 2.43. The van der Waals surface area contributed by atoms with Crippen LogP contribution < -0.4 is 9.47 Å². The fourth-order valence-electron chi connectivity index (χ4n) is 1.89. The molecule has 2 rings (SSSR count). The summed E-state index contributed by atoms with van der Waals surface area (Å²) in [7, 11) is 0. The lowest BCUT2D eigenvalue weighted by molar-refractivity contribution is 0.165. The smallest absolute Gasteiger partial charge is 0.165 e. The first kappa shape index (κ1) is 11.3. The van der Waals surface area contributed by atoms with Crippen LogP contribution in [-0.4, -0.2) is 13.2 Å². The normalized spacial score (nSPS) is 15.3. The average molecular weight is 220 g/mol. The molecule has 0 spiro atoms. The Hall–Kier alpha value is -1.18. The van der Waals surface area contributed by atoms with E-state index in [9.17, 15) is 0 Å². The van der Waals surface area contributed by atoms with Crippen LogP contribution in [0.2, 0.25) is 0 Å². The zero-order valence-corrected chi connectivity index (χ0v) is 10.5. The minimum absolute atomic E-state index is 0.103. The van der Waals surface area contributed by atoms with Crippen molar-refractivity contribution in [2.45, 2.75) is 33.1 Å². The minimum Gasteiger partial charge on any atom is -0.486 e. The summed E-state index contributed by atoms with van der Waals surface area (Å²) >= 11 is 0. The van der Waals surface area contributed by atoms with Gasteiger partial charge >= 0.3 is 0 Å². The number of fused-ring (bicyclic) bond motifs is 1. The molecule has 1 aromatic rings. The minimum atomic E-state index is 0.103. The predicted molar refractivity (Wildman–Crippen MR) is 65.3 cm³/mol. The van der Waals surface area contributed by atoms with Gasteiger partial charge in [0.05, 0.1) is 0 Å². The average Bonchev–Trinajstić information content (AvgIpc) is 2.28. The fourth-order valence-corrected chi connectivity index (χ4v) is 1.89. The molecule has 0 bridgehead atoms. The summed E-state index contributed by atoms with van der Waals surface area (Å²) in [5.74, 6) is 2.38. The molecular weight excluding hydrogens is 200 g/mol. The summed E-state index contributed by atoms with van der Waals surface area (Å²) in [4.78, 5) is 0. The third-order valence-corrected chi connectivity index (χ3v) is 3.70. The second-order valence-corrected chi connectivity index (χ2v) is 5.21. The van der Waals surface area contributed by atoms with Crippen molar-refractivity contribution in [1.82, 2.24) is 0 Å². The van der Waals surface area contributed by atoms with Crippen molar-refractivity contribution in [3.8, 4) is 11.5 Å². The molecule has 88 valence electrons. The summed E-state index contributed by atoms with van der Waals surface area (Å²) in [5, 5.41) is 0. The Bertz CT molecular complexity index is 380. The van der Waals surface area contributed by atoms with Crippen molar-refractivity contribution in [2.75, 3.05) is 13.2 Å². The maximum atomic E-state index is 5.77. The molecule has 0 aromatic heterocycles. The maximum Gasteiger partial charge on any atom is 0.165 e. The Morgan fingerprint density at radius 3 is 2.50 bits per heavy atom. The van der Waals surface area contributed by atoms with E-state index >= 15 is 0 Å². The number of hydrogen-bond donors (Lipinski definition) is 0. The molecule has 1 aliphatic heterocycles. The zero-order chi connectivity index (χ0) is 11.8. The van der Waals surface area contributed by atoms with E-state index < -0.39 is 0 Å². The Balaban J connectivity index is 2.49. The number of rotatable bonds is 2. The highest BCUT2D eigenvalue weighted by molar-refractivity contribution is 5.50. The Morgan fingerprint density at radius 1 is 1.12 bits per heavy atom. The summed E-state index contributed by atoms with van der Waals surface area (Å²) in [6.07, 6.45) is 0. The number of benzene rings is 1. The van der Waals surface area contributed by atoms with Crippen molar-refractivity contribution in [2.24, 2.45) is 5.92 Å². The molecule has 16 heavy (non-hydrogen) atoms. The molecule has 0 fully saturated rings. The van der Waals surface area contributed by atoms with Gasteiger partial charge in [-0.3, -0.25) is 0 Å². The summed E-state index contributed by atoms with van der Waals surface area (Å²) in [6, 6.07) is 6.18. The number of para-hydroxylation sites is 1. The SMILES string of the molecule is CC(C)C(C)(C)c1cccc2c1OCCO2. The summed E-state index contributed by atoms with van der Waals surface area (Å²) in [6.45, 7) is 10.3. The van der Waals surface area contributed by atoms with Crippen molar-refractivity contribution in [3.05, 3.63) is 23.8 Å². The molecule has 0 radical (unpaired) electrons. The Kier molecular flexibility index (Phi) is 2.83. The van der Waals surface area contributed by atoms with Gasteiger partial charge in [0.2, 0.25) is 0 Å². The molecule has 0 aliphatic carbocycles. The largest absolute Gasteiger partial charge is 0.486 e. The molecule has 0 N–H and O–H groups in total. The van der Waals surface area contributed by atoms with Crippen LogP contribution in [0.4, 0.5) is 0 Å². The molecule has 0 atom stereocenters. The number of hydrogen-bond acceptors (Lipinski definition) is 2. The van der Waals surface area contributed by atoms with Crippen LogP contribution in [0.5, 0.6) is 11.5 Å². The van der Waals surface area contributed by atoms with Crippen LogP contribution in [0, 0.1) is 5.92 Å². The van der Waals surface area contributed by atoms with Gasteiger partial charge in [-0.2, -0.15) is 0 Å². The second kappa shape index (κ2) is 4.00. The molecule has 0 amide bonds. The van der Waals surface area contributed by atoms with Gasteiger partial charge in [0.1, 0.15) is 13.2 Å².